The molecule has 0 unspecified atom stereocenters. The van der Waals surface area contributed by atoms with Crippen LogP contribution in [0.15, 0.2) is 133 Å². The number of rotatable bonds is 4. The Morgan fingerprint density at radius 1 is 0.513 bits per heavy atom. The molecule has 0 saturated carbocycles. The van der Waals surface area contributed by atoms with E-state index in [1.165, 1.54) is 31.9 Å². The van der Waals surface area contributed by atoms with Crippen LogP contribution in [0.1, 0.15) is 0 Å². The van der Waals surface area contributed by atoms with Crippen molar-refractivity contribution in [1.29, 1.82) is 0 Å². The number of hydrogen-bond donors (Lipinski definition) is 0. The first-order valence-corrected chi connectivity index (χ1v) is 13.8. The number of para-hydroxylation sites is 2. The molecule has 0 aliphatic carbocycles. The molecule has 0 spiro atoms. The number of thiophene rings is 1. The molecule has 3 heterocycles. The van der Waals surface area contributed by atoms with Crippen molar-refractivity contribution in [2.45, 2.75) is 0 Å². The fraction of sp³-hybridized carbons (Fsp3) is 0. The number of benzene rings is 5. The first-order chi connectivity index (χ1) is 19.4. The zero-order valence-electron chi connectivity index (χ0n) is 20.9. The molecule has 0 aliphatic heterocycles. The quantitative estimate of drug-likeness (QED) is 0.233. The highest BCUT2D eigenvalue weighted by molar-refractivity contribution is 7.18. The van der Waals surface area contributed by atoms with Crippen LogP contribution < -0.4 is 0 Å². The van der Waals surface area contributed by atoms with Gasteiger partial charge in [0, 0.05) is 38.0 Å². The summed E-state index contributed by atoms with van der Waals surface area (Å²) in [5.41, 5.74) is 6.56. The van der Waals surface area contributed by atoms with Gasteiger partial charge in [-0.1, -0.05) is 84.9 Å². The zero-order chi connectivity index (χ0) is 25.8. The predicted octanol–water partition coefficient (Wildman–Crippen LogP) is 8.91. The molecule has 8 aromatic rings. The van der Waals surface area contributed by atoms with Crippen molar-refractivity contribution in [2.24, 2.45) is 0 Å². The van der Waals surface area contributed by atoms with Crippen LogP contribution in [0.25, 0.3) is 66.0 Å². The molecule has 0 radical (unpaired) electrons. The van der Waals surface area contributed by atoms with Crippen molar-refractivity contribution in [2.75, 3.05) is 0 Å². The molecule has 0 aliphatic rings. The number of nitrogens with zero attached hydrogens (tertiary/aromatic N) is 4. The summed E-state index contributed by atoms with van der Waals surface area (Å²) in [5, 5.41) is 15.4. The Morgan fingerprint density at radius 2 is 1.21 bits per heavy atom. The molecule has 0 amide bonds. The van der Waals surface area contributed by atoms with Crippen LogP contribution in [0.3, 0.4) is 0 Å². The van der Waals surface area contributed by atoms with Crippen LogP contribution in [-0.2, 0) is 0 Å². The van der Waals surface area contributed by atoms with E-state index < -0.39 is 0 Å². The zero-order valence-corrected chi connectivity index (χ0v) is 21.7. The topological polar surface area (TPSA) is 35.6 Å². The highest BCUT2D eigenvalue weighted by Gasteiger charge is 2.19. The van der Waals surface area contributed by atoms with Crippen molar-refractivity contribution in [3.05, 3.63) is 133 Å². The van der Waals surface area contributed by atoms with Gasteiger partial charge < -0.3 is 4.57 Å². The maximum Gasteiger partial charge on any atom is 0.168 e. The standard InChI is InChI=1S/C34H22N4S/c1-3-10-24(11-4-1)33-35-36-34(38(33)26-13-5-2-6-14-26)25-12-9-15-27(22-25)37-29-17-8-7-16-28(29)31-30(37)19-18-23-20-21-39-32(23)31/h1-22H. The van der Waals surface area contributed by atoms with E-state index >= 15 is 0 Å². The molecule has 0 saturated heterocycles. The van der Waals surface area contributed by atoms with Crippen LogP contribution >= 0.6 is 11.3 Å². The van der Waals surface area contributed by atoms with E-state index in [4.69, 9.17) is 5.10 Å². The maximum absolute atomic E-state index is 4.73. The first kappa shape index (κ1) is 22.0. The second-order valence-corrected chi connectivity index (χ2v) is 10.5. The lowest BCUT2D eigenvalue weighted by Crippen LogP contribution is -2.01. The Balaban J connectivity index is 1.38. The minimum Gasteiger partial charge on any atom is -0.309 e. The second-order valence-electron chi connectivity index (χ2n) is 9.59. The predicted molar refractivity (Wildman–Crippen MR) is 162 cm³/mol. The summed E-state index contributed by atoms with van der Waals surface area (Å²) in [7, 11) is 0. The molecule has 4 nitrogen and oxygen atoms in total. The Morgan fingerprint density at radius 3 is 2.05 bits per heavy atom. The fourth-order valence-corrected chi connectivity index (χ4v) is 6.56. The second kappa shape index (κ2) is 8.79. The summed E-state index contributed by atoms with van der Waals surface area (Å²) in [6, 6.07) is 44.6. The van der Waals surface area contributed by atoms with Gasteiger partial charge in [-0.15, -0.1) is 21.5 Å². The van der Waals surface area contributed by atoms with Crippen molar-refractivity contribution in [3.8, 4) is 34.2 Å². The summed E-state index contributed by atoms with van der Waals surface area (Å²) in [5.74, 6) is 1.63. The van der Waals surface area contributed by atoms with Gasteiger partial charge in [-0.3, -0.25) is 4.57 Å². The minimum absolute atomic E-state index is 0.809. The summed E-state index contributed by atoms with van der Waals surface area (Å²) in [6.45, 7) is 0. The summed E-state index contributed by atoms with van der Waals surface area (Å²) in [4.78, 5) is 0. The lowest BCUT2D eigenvalue weighted by molar-refractivity contribution is 1.07. The largest absolute Gasteiger partial charge is 0.309 e. The van der Waals surface area contributed by atoms with Gasteiger partial charge in [-0.2, -0.15) is 0 Å². The Labute approximate surface area is 229 Å². The summed E-state index contributed by atoms with van der Waals surface area (Å²) >= 11 is 1.81. The van der Waals surface area contributed by atoms with Gasteiger partial charge in [0.25, 0.3) is 0 Å². The molecule has 0 atom stereocenters. The molecular weight excluding hydrogens is 496 g/mol. The van der Waals surface area contributed by atoms with E-state index in [0.717, 1.165) is 34.2 Å². The van der Waals surface area contributed by atoms with Gasteiger partial charge in [0.2, 0.25) is 0 Å². The highest BCUT2D eigenvalue weighted by atomic mass is 32.1. The van der Waals surface area contributed by atoms with Crippen LogP contribution in [0.5, 0.6) is 0 Å². The lowest BCUT2D eigenvalue weighted by Gasteiger charge is -2.13. The van der Waals surface area contributed by atoms with Gasteiger partial charge in [-0.05, 0) is 53.2 Å². The van der Waals surface area contributed by atoms with E-state index in [1.807, 2.05) is 36.4 Å². The third-order valence-electron chi connectivity index (χ3n) is 7.33. The Bertz CT molecular complexity index is 2120. The average molecular weight is 519 g/mol. The number of hydrogen-bond acceptors (Lipinski definition) is 3. The van der Waals surface area contributed by atoms with E-state index in [0.29, 0.717) is 0 Å². The van der Waals surface area contributed by atoms with Crippen molar-refractivity contribution in [1.82, 2.24) is 19.3 Å². The van der Waals surface area contributed by atoms with Gasteiger partial charge >= 0.3 is 0 Å². The highest BCUT2D eigenvalue weighted by Crippen LogP contribution is 2.39. The van der Waals surface area contributed by atoms with Gasteiger partial charge in [-0.25, -0.2) is 0 Å². The number of fused-ring (bicyclic) bond motifs is 5. The van der Waals surface area contributed by atoms with E-state index in [1.54, 1.807) is 11.3 Å². The normalized spacial score (nSPS) is 11.6. The fourth-order valence-electron chi connectivity index (χ4n) is 5.61. The molecular formula is C34H22N4S. The third-order valence-corrected chi connectivity index (χ3v) is 8.27. The van der Waals surface area contributed by atoms with Gasteiger partial charge in [0.05, 0.1) is 11.0 Å². The molecule has 0 bridgehead atoms. The van der Waals surface area contributed by atoms with E-state index in [-0.39, 0.29) is 0 Å². The molecule has 0 fully saturated rings. The molecule has 184 valence electrons. The molecule has 0 N–H and O–H groups in total. The average Bonchev–Trinajstić information content (AvgIpc) is 3.73. The molecule has 39 heavy (non-hydrogen) atoms. The first-order valence-electron chi connectivity index (χ1n) is 12.9. The van der Waals surface area contributed by atoms with Crippen molar-refractivity contribution >= 4 is 43.2 Å². The van der Waals surface area contributed by atoms with Gasteiger partial charge in [0.1, 0.15) is 0 Å². The monoisotopic (exact) mass is 518 g/mol. The van der Waals surface area contributed by atoms with Crippen LogP contribution in [0, 0.1) is 0 Å². The SMILES string of the molecule is c1ccc(-c2nnc(-c3cccc(-n4c5ccccc5c5c6sccc6ccc54)c3)n2-c2ccccc2)cc1. The van der Waals surface area contributed by atoms with E-state index in [9.17, 15) is 0 Å². The Kier molecular flexibility index (Phi) is 4.96. The third kappa shape index (κ3) is 3.44. The molecule has 5 aromatic carbocycles. The van der Waals surface area contributed by atoms with Crippen molar-refractivity contribution < 1.29 is 0 Å². The molecule has 5 heteroatoms. The Hall–Kier alpha value is -5.00. The van der Waals surface area contributed by atoms with Crippen LogP contribution in [0.4, 0.5) is 0 Å². The molecule has 3 aromatic heterocycles. The summed E-state index contributed by atoms with van der Waals surface area (Å²) < 4.78 is 5.85. The molecule has 8 rings (SSSR count). The van der Waals surface area contributed by atoms with Crippen molar-refractivity contribution in [3.63, 3.8) is 0 Å². The van der Waals surface area contributed by atoms with Crippen LogP contribution in [0.2, 0.25) is 0 Å². The van der Waals surface area contributed by atoms with Crippen LogP contribution in [-0.4, -0.2) is 19.3 Å². The smallest absolute Gasteiger partial charge is 0.168 e. The minimum atomic E-state index is 0.809. The number of aromatic nitrogens is 4. The van der Waals surface area contributed by atoms with E-state index in [2.05, 4.69) is 111 Å². The van der Waals surface area contributed by atoms with Gasteiger partial charge in [0.15, 0.2) is 11.6 Å². The summed E-state index contributed by atoms with van der Waals surface area (Å²) in [6.07, 6.45) is 0. The maximum atomic E-state index is 4.73. The lowest BCUT2D eigenvalue weighted by atomic mass is 10.1.